The van der Waals surface area contributed by atoms with Gasteiger partial charge in [0, 0.05) is 12.6 Å². The van der Waals surface area contributed by atoms with E-state index in [1.165, 1.54) is 12.0 Å². The van der Waals surface area contributed by atoms with Gasteiger partial charge in [-0.15, -0.1) is 0 Å². The summed E-state index contributed by atoms with van der Waals surface area (Å²) < 4.78 is 0. The van der Waals surface area contributed by atoms with E-state index >= 15 is 0 Å². The molecular weight excluding hydrogens is 246 g/mol. The van der Waals surface area contributed by atoms with E-state index in [1.807, 2.05) is 0 Å². The van der Waals surface area contributed by atoms with Crippen molar-refractivity contribution in [3.63, 3.8) is 0 Å². The topological polar surface area (TPSA) is 32.5 Å². The van der Waals surface area contributed by atoms with Crippen LogP contribution in [0.4, 0.5) is 0 Å². The summed E-state index contributed by atoms with van der Waals surface area (Å²) in [5.74, 6) is 0. The molecule has 0 bridgehead atoms. The van der Waals surface area contributed by atoms with Crippen LogP contribution in [0.2, 0.25) is 0 Å². The van der Waals surface area contributed by atoms with E-state index < -0.39 is 0 Å². The number of nitrogens with zero attached hydrogens (tertiary/aromatic N) is 2. The first-order valence-corrected chi connectivity index (χ1v) is 7.78. The molecule has 0 saturated carbocycles. The predicted octanol–water partition coefficient (Wildman–Crippen LogP) is 2.22. The lowest BCUT2D eigenvalue weighted by Crippen LogP contribution is -2.38. The molecule has 2 N–H and O–H groups in total. The molecule has 0 heterocycles. The Morgan fingerprint density at radius 3 is 2.40 bits per heavy atom. The highest BCUT2D eigenvalue weighted by Crippen LogP contribution is 2.05. The van der Waals surface area contributed by atoms with Crippen LogP contribution in [0.1, 0.15) is 25.3 Å². The first-order valence-electron chi connectivity index (χ1n) is 7.78. The Morgan fingerprint density at radius 2 is 1.80 bits per heavy atom. The Morgan fingerprint density at radius 1 is 1.10 bits per heavy atom. The molecule has 20 heavy (non-hydrogen) atoms. The van der Waals surface area contributed by atoms with Gasteiger partial charge in [-0.2, -0.15) is 0 Å². The molecule has 0 spiro atoms. The predicted molar refractivity (Wildman–Crippen MR) is 88.0 cm³/mol. The van der Waals surface area contributed by atoms with E-state index in [0.717, 1.165) is 39.0 Å². The van der Waals surface area contributed by atoms with Crippen LogP contribution in [-0.4, -0.2) is 56.1 Å². The van der Waals surface area contributed by atoms with Crippen molar-refractivity contribution in [1.29, 1.82) is 0 Å². The van der Waals surface area contributed by atoms with Crippen LogP contribution in [0.15, 0.2) is 30.3 Å². The first-order chi connectivity index (χ1) is 9.61. The van der Waals surface area contributed by atoms with Crippen molar-refractivity contribution in [3.8, 4) is 0 Å². The van der Waals surface area contributed by atoms with Crippen molar-refractivity contribution >= 4 is 0 Å². The molecule has 0 amide bonds. The monoisotopic (exact) mass is 277 g/mol. The molecule has 0 aliphatic carbocycles. The van der Waals surface area contributed by atoms with Crippen LogP contribution >= 0.6 is 0 Å². The van der Waals surface area contributed by atoms with Crippen molar-refractivity contribution in [3.05, 3.63) is 35.9 Å². The van der Waals surface area contributed by atoms with E-state index in [9.17, 15) is 0 Å². The molecule has 0 fully saturated rings. The number of hydrogen-bond donors (Lipinski definition) is 1. The zero-order chi connectivity index (χ0) is 14.8. The minimum absolute atomic E-state index is 0.273. The number of hydrogen-bond acceptors (Lipinski definition) is 3. The maximum Gasteiger partial charge on any atom is 0.0170 e. The maximum atomic E-state index is 6.28. The Hall–Kier alpha value is -0.900. The summed E-state index contributed by atoms with van der Waals surface area (Å²) in [5, 5.41) is 0. The molecule has 0 radical (unpaired) electrons. The lowest BCUT2D eigenvalue weighted by Gasteiger charge is -2.25. The number of rotatable bonds is 10. The zero-order valence-corrected chi connectivity index (χ0v) is 13.4. The molecule has 0 aliphatic heterocycles. The Bertz CT molecular complexity index is 337. The number of likely N-dealkylation sites (N-methyl/N-ethyl adjacent to an activating group) is 1. The van der Waals surface area contributed by atoms with Crippen molar-refractivity contribution in [1.82, 2.24) is 9.80 Å². The Kier molecular flexibility index (Phi) is 8.51. The molecule has 1 aromatic rings. The minimum atomic E-state index is 0.273. The van der Waals surface area contributed by atoms with Gasteiger partial charge in [-0.3, -0.25) is 0 Å². The smallest absolute Gasteiger partial charge is 0.0170 e. The fourth-order valence-electron chi connectivity index (χ4n) is 2.41. The van der Waals surface area contributed by atoms with E-state index in [-0.39, 0.29) is 6.04 Å². The number of benzene rings is 1. The van der Waals surface area contributed by atoms with Crippen molar-refractivity contribution in [2.45, 2.75) is 32.2 Å². The molecule has 0 aliphatic rings. The normalized spacial score (nSPS) is 13.1. The molecule has 1 aromatic carbocycles. The van der Waals surface area contributed by atoms with E-state index in [4.69, 9.17) is 5.73 Å². The standard InChI is InChI=1S/C17H31N3/c1-4-20(14-8-13-19(2)3)15-17(18)12-11-16-9-6-5-7-10-16/h5-7,9-10,17H,4,8,11-15,18H2,1-3H3. The van der Waals surface area contributed by atoms with Crippen LogP contribution in [0.25, 0.3) is 0 Å². The van der Waals surface area contributed by atoms with Gasteiger partial charge in [0.15, 0.2) is 0 Å². The van der Waals surface area contributed by atoms with Gasteiger partial charge in [0.1, 0.15) is 0 Å². The fraction of sp³-hybridized carbons (Fsp3) is 0.647. The summed E-state index contributed by atoms with van der Waals surface area (Å²) in [6.45, 7) is 6.62. The highest BCUT2D eigenvalue weighted by atomic mass is 15.1. The third-order valence-corrected chi connectivity index (χ3v) is 3.67. The molecule has 1 rings (SSSR count). The average Bonchev–Trinajstić information content (AvgIpc) is 2.44. The molecule has 3 nitrogen and oxygen atoms in total. The van der Waals surface area contributed by atoms with Crippen molar-refractivity contribution in [2.24, 2.45) is 5.73 Å². The van der Waals surface area contributed by atoms with Gasteiger partial charge in [-0.1, -0.05) is 37.3 Å². The van der Waals surface area contributed by atoms with Crippen LogP contribution in [0, 0.1) is 0 Å². The average molecular weight is 277 g/mol. The van der Waals surface area contributed by atoms with E-state index in [1.54, 1.807) is 0 Å². The van der Waals surface area contributed by atoms with Gasteiger partial charge in [-0.25, -0.2) is 0 Å². The van der Waals surface area contributed by atoms with Crippen LogP contribution in [-0.2, 0) is 6.42 Å². The second-order valence-corrected chi connectivity index (χ2v) is 5.83. The van der Waals surface area contributed by atoms with E-state index in [2.05, 4.69) is 61.2 Å². The van der Waals surface area contributed by atoms with Gasteiger partial charge in [0.05, 0.1) is 0 Å². The highest BCUT2D eigenvalue weighted by molar-refractivity contribution is 5.14. The lowest BCUT2D eigenvalue weighted by atomic mass is 10.1. The highest BCUT2D eigenvalue weighted by Gasteiger charge is 2.09. The molecule has 0 aromatic heterocycles. The Labute approximate surface area is 124 Å². The summed E-state index contributed by atoms with van der Waals surface area (Å²) >= 11 is 0. The largest absolute Gasteiger partial charge is 0.327 e. The van der Waals surface area contributed by atoms with Gasteiger partial charge in [-0.05, 0) is 58.6 Å². The summed E-state index contributed by atoms with van der Waals surface area (Å²) in [6, 6.07) is 10.9. The number of nitrogens with two attached hydrogens (primary N) is 1. The van der Waals surface area contributed by atoms with Crippen molar-refractivity contribution < 1.29 is 0 Å². The SMILES string of the molecule is CCN(CCCN(C)C)CC(N)CCc1ccccc1. The second kappa shape index (κ2) is 9.92. The van der Waals surface area contributed by atoms with Gasteiger partial charge in [0.25, 0.3) is 0 Å². The summed E-state index contributed by atoms with van der Waals surface area (Å²) in [6.07, 6.45) is 3.36. The van der Waals surface area contributed by atoms with Crippen LogP contribution in [0.3, 0.4) is 0 Å². The molecule has 3 heteroatoms. The summed E-state index contributed by atoms with van der Waals surface area (Å²) in [5.41, 5.74) is 7.67. The first kappa shape index (κ1) is 17.2. The van der Waals surface area contributed by atoms with Gasteiger partial charge >= 0.3 is 0 Å². The van der Waals surface area contributed by atoms with E-state index in [0.29, 0.717) is 0 Å². The van der Waals surface area contributed by atoms with Crippen LogP contribution < -0.4 is 5.73 Å². The molecule has 114 valence electrons. The maximum absolute atomic E-state index is 6.28. The van der Waals surface area contributed by atoms with Gasteiger partial charge in [0.2, 0.25) is 0 Å². The third kappa shape index (κ3) is 7.63. The summed E-state index contributed by atoms with van der Waals surface area (Å²) in [4.78, 5) is 4.71. The van der Waals surface area contributed by atoms with Gasteiger partial charge < -0.3 is 15.5 Å². The quantitative estimate of drug-likeness (QED) is 0.712. The Balaban J connectivity index is 2.23. The molecule has 0 saturated heterocycles. The molecular formula is C17H31N3. The second-order valence-electron chi connectivity index (χ2n) is 5.83. The summed E-state index contributed by atoms with van der Waals surface area (Å²) in [7, 11) is 4.25. The zero-order valence-electron chi connectivity index (χ0n) is 13.4. The van der Waals surface area contributed by atoms with Crippen molar-refractivity contribution in [2.75, 3.05) is 40.3 Å². The molecule has 1 atom stereocenters. The lowest BCUT2D eigenvalue weighted by molar-refractivity contribution is 0.248. The molecule has 1 unspecified atom stereocenters. The fourth-order valence-corrected chi connectivity index (χ4v) is 2.41. The minimum Gasteiger partial charge on any atom is -0.327 e. The third-order valence-electron chi connectivity index (χ3n) is 3.67. The number of aryl methyl sites for hydroxylation is 1. The van der Waals surface area contributed by atoms with Crippen LogP contribution in [0.5, 0.6) is 0 Å².